The molecule has 0 aromatic heterocycles. The SMILES string of the molecule is CN=C(NCCc1cccc(C(=O)NC)c1)NCC1CCN(C2CC2)C1.I. The number of hydrogen-bond donors (Lipinski definition) is 3. The molecule has 3 N–H and O–H groups in total. The lowest BCUT2D eigenvalue weighted by Gasteiger charge is -2.17. The normalized spacial score (nSPS) is 20.1. The minimum Gasteiger partial charge on any atom is -0.356 e. The molecule has 1 amide bonds. The summed E-state index contributed by atoms with van der Waals surface area (Å²) in [6, 6.07) is 8.64. The first-order chi connectivity index (χ1) is 12.7. The van der Waals surface area contributed by atoms with Gasteiger partial charge in [-0.2, -0.15) is 0 Å². The predicted octanol–water partition coefficient (Wildman–Crippen LogP) is 1.86. The molecule has 1 atom stereocenters. The molecule has 6 nitrogen and oxygen atoms in total. The van der Waals surface area contributed by atoms with Crippen molar-refractivity contribution in [2.75, 3.05) is 40.3 Å². The highest BCUT2D eigenvalue weighted by atomic mass is 127. The molecule has 1 saturated carbocycles. The summed E-state index contributed by atoms with van der Waals surface area (Å²) in [6.07, 6.45) is 4.92. The average Bonchev–Trinajstić information content (AvgIpc) is 3.42. The van der Waals surface area contributed by atoms with Crippen LogP contribution >= 0.6 is 24.0 Å². The monoisotopic (exact) mass is 485 g/mol. The molecule has 0 spiro atoms. The maximum Gasteiger partial charge on any atom is 0.251 e. The number of nitrogens with zero attached hydrogens (tertiary/aromatic N) is 2. The van der Waals surface area contributed by atoms with Crippen molar-refractivity contribution >= 4 is 35.8 Å². The summed E-state index contributed by atoms with van der Waals surface area (Å²) >= 11 is 0. The first-order valence-corrected chi connectivity index (χ1v) is 9.69. The van der Waals surface area contributed by atoms with Crippen LogP contribution in [0.3, 0.4) is 0 Å². The lowest BCUT2D eigenvalue weighted by Crippen LogP contribution is -2.41. The largest absolute Gasteiger partial charge is 0.356 e. The molecule has 1 heterocycles. The second-order valence-electron chi connectivity index (χ2n) is 7.29. The molecular formula is C20H32IN5O. The van der Waals surface area contributed by atoms with Gasteiger partial charge in [-0.05, 0) is 55.8 Å². The third kappa shape index (κ3) is 6.64. The Labute approximate surface area is 179 Å². The topological polar surface area (TPSA) is 68.8 Å². The van der Waals surface area contributed by atoms with Crippen LogP contribution in [-0.2, 0) is 6.42 Å². The van der Waals surface area contributed by atoms with Gasteiger partial charge in [-0.3, -0.25) is 9.79 Å². The Hall–Kier alpha value is -1.35. The molecule has 150 valence electrons. The minimum absolute atomic E-state index is 0. The average molecular weight is 485 g/mol. The van der Waals surface area contributed by atoms with Gasteiger partial charge >= 0.3 is 0 Å². The highest BCUT2D eigenvalue weighted by molar-refractivity contribution is 14.0. The van der Waals surface area contributed by atoms with Crippen molar-refractivity contribution in [1.29, 1.82) is 0 Å². The second kappa shape index (κ2) is 10.8. The zero-order valence-corrected chi connectivity index (χ0v) is 18.7. The van der Waals surface area contributed by atoms with E-state index < -0.39 is 0 Å². The highest BCUT2D eigenvalue weighted by Gasteiger charge is 2.34. The Balaban J connectivity index is 0.00000261. The number of carbonyl (C=O) groups is 1. The van der Waals surface area contributed by atoms with Crippen LogP contribution in [0, 0.1) is 5.92 Å². The molecule has 1 unspecified atom stereocenters. The number of amides is 1. The highest BCUT2D eigenvalue weighted by Crippen LogP contribution is 2.31. The van der Waals surface area contributed by atoms with E-state index in [0.29, 0.717) is 5.56 Å². The fourth-order valence-electron chi connectivity index (χ4n) is 3.60. The van der Waals surface area contributed by atoms with E-state index in [1.165, 1.54) is 32.4 Å². The summed E-state index contributed by atoms with van der Waals surface area (Å²) in [6.45, 7) is 4.25. The van der Waals surface area contributed by atoms with Crippen molar-refractivity contribution < 1.29 is 4.79 Å². The van der Waals surface area contributed by atoms with E-state index in [-0.39, 0.29) is 29.9 Å². The van der Waals surface area contributed by atoms with Gasteiger partial charge in [0, 0.05) is 45.3 Å². The van der Waals surface area contributed by atoms with Crippen LogP contribution in [0.2, 0.25) is 0 Å². The fourth-order valence-corrected chi connectivity index (χ4v) is 3.60. The van der Waals surface area contributed by atoms with E-state index >= 15 is 0 Å². The van der Waals surface area contributed by atoms with E-state index in [0.717, 1.165) is 43.0 Å². The number of guanidine groups is 1. The Bertz CT molecular complexity index is 647. The standard InChI is InChI=1S/C20H31N5O.HI/c1-21-19(26)17-5-3-4-15(12-17)8-10-23-20(22-2)24-13-16-9-11-25(14-16)18-6-7-18;/h3-5,12,16,18H,6-11,13-14H2,1-2H3,(H,21,26)(H2,22,23,24);1H. The number of aliphatic imine (C=N–C) groups is 1. The Kier molecular flexibility index (Phi) is 8.82. The van der Waals surface area contributed by atoms with E-state index in [1.54, 1.807) is 7.05 Å². The quantitative estimate of drug-likeness (QED) is 0.314. The van der Waals surface area contributed by atoms with Gasteiger partial charge in [0.05, 0.1) is 0 Å². The molecular weight excluding hydrogens is 453 g/mol. The first-order valence-electron chi connectivity index (χ1n) is 9.69. The second-order valence-corrected chi connectivity index (χ2v) is 7.29. The number of halogens is 1. The summed E-state index contributed by atoms with van der Waals surface area (Å²) in [4.78, 5) is 18.7. The minimum atomic E-state index is -0.0471. The third-order valence-electron chi connectivity index (χ3n) is 5.28. The molecule has 7 heteroatoms. The number of benzene rings is 1. The third-order valence-corrected chi connectivity index (χ3v) is 5.28. The Morgan fingerprint density at radius 1 is 1.26 bits per heavy atom. The summed E-state index contributed by atoms with van der Waals surface area (Å²) in [5, 5.41) is 9.50. The zero-order valence-electron chi connectivity index (χ0n) is 16.3. The van der Waals surface area contributed by atoms with E-state index in [9.17, 15) is 4.79 Å². The first kappa shape index (κ1) is 21.9. The van der Waals surface area contributed by atoms with Gasteiger partial charge in [-0.1, -0.05) is 12.1 Å². The van der Waals surface area contributed by atoms with E-state index in [2.05, 4.69) is 31.9 Å². The number of likely N-dealkylation sites (tertiary alicyclic amines) is 1. The van der Waals surface area contributed by atoms with Crippen molar-refractivity contribution in [3.63, 3.8) is 0 Å². The molecule has 0 bridgehead atoms. The van der Waals surface area contributed by atoms with E-state index in [4.69, 9.17) is 0 Å². The van der Waals surface area contributed by atoms with Gasteiger partial charge in [0.1, 0.15) is 0 Å². The lowest BCUT2D eigenvalue weighted by molar-refractivity contribution is 0.0963. The molecule has 0 radical (unpaired) electrons. The van der Waals surface area contributed by atoms with Crippen LogP contribution < -0.4 is 16.0 Å². The van der Waals surface area contributed by atoms with Crippen LogP contribution in [0.15, 0.2) is 29.3 Å². The van der Waals surface area contributed by atoms with Crippen LogP contribution in [0.1, 0.15) is 35.2 Å². The van der Waals surface area contributed by atoms with Crippen LogP contribution in [0.4, 0.5) is 0 Å². The Morgan fingerprint density at radius 2 is 2.07 bits per heavy atom. The molecule has 2 aliphatic rings. The number of rotatable bonds is 7. The smallest absolute Gasteiger partial charge is 0.251 e. The summed E-state index contributed by atoms with van der Waals surface area (Å²) in [5.41, 5.74) is 1.85. The van der Waals surface area contributed by atoms with Gasteiger partial charge in [-0.25, -0.2) is 0 Å². The molecule has 1 aliphatic heterocycles. The lowest BCUT2D eigenvalue weighted by atomic mass is 10.1. The van der Waals surface area contributed by atoms with Crippen molar-refractivity contribution in [2.45, 2.75) is 31.7 Å². The van der Waals surface area contributed by atoms with Crippen molar-refractivity contribution in [2.24, 2.45) is 10.9 Å². The maximum atomic E-state index is 11.7. The molecule has 1 saturated heterocycles. The molecule has 27 heavy (non-hydrogen) atoms. The van der Waals surface area contributed by atoms with Gasteiger partial charge in [0.15, 0.2) is 5.96 Å². The molecule has 3 rings (SSSR count). The van der Waals surface area contributed by atoms with E-state index in [1.807, 2.05) is 25.2 Å². The number of hydrogen-bond acceptors (Lipinski definition) is 3. The van der Waals surface area contributed by atoms with Crippen LogP contribution in [0.5, 0.6) is 0 Å². The van der Waals surface area contributed by atoms with Crippen LogP contribution in [-0.4, -0.2) is 63.1 Å². The summed E-state index contributed by atoms with van der Waals surface area (Å²) < 4.78 is 0. The van der Waals surface area contributed by atoms with Gasteiger partial charge < -0.3 is 20.9 Å². The number of nitrogens with one attached hydrogen (secondary N) is 3. The summed E-state index contributed by atoms with van der Waals surface area (Å²) in [5.74, 6) is 1.53. The molecule has 1 aromatic carbocycles. The Morgan fingerprint density at radius 3 is 2.78 bits per heavy atom. The number of carbonyl (C=O) groups excluding carboxylic acids is 1. The van der Waals surface area contributed by atoms with Gasteiger partial charge in [-0.15, -0.1) is 24.0 Å². The van der Waals surface area contributed by atoms with Crippen molar-refractivity contribution in [1.82, 2.24) is 20.9 Å². The zero-order chi connectivity index (χ0) is 18.4. The molecule has 2 fully saturated rings. The van der Waals surface area contributed by atoms with Gasteiger partial charge in [0.25, 0.3) is 5.91 Å². The fraction of sp³-hybridized carbons (Fsp3) is 0.600. The molecule has 1 aliphatic carbocycles. The molecule has 1 aromatic rings. The van der Waals surface area contributed by atoms with Crippen molar-refractivity contribution in [3.8, 4) is 0 Å². The van der Waals surface area contributed by atoms with Crippen molar-refractivity contribution in [3.05, 3.63) is 35.4 Å². The van der Waals surface area contributed by atoms with Crippen LogP contribution in [0.25, 0.3) is 0 Å². The summed E-state index contributed by atoms with van der Waals surface area (Å²) in [7, 11) is 3.47. The predicted molar refractivity (Wildman–Crippen MR) is 121 cm³/mol. The van der Waals surface area contributed by atoms with Gasteiger partial charge in [0.2, 0.25) is 0 Å². The maximum absolute atomic E-state index is 11.7.